The first kappa shape index (κ1) is 17.9. The second-order valence-electron chi connectivity index (χ2n) is 6.38. The van der Waals surface area contributed by atoms with E-state index in [2.05, 4.69) is 67.9 Å². The predicted molar refractivity (Wildman–Crippen MR) is 101 cm³/mol. The number of halogens is 1. The summed E-state index contributed by atoms with van der Waals surface area (Å²) in [6.45, 7) is 8.89. The van der Waals surface area contributed by atoms with Gasteiger partial charge in [-0.15, -0.1) is 0 Å². The lowest BCUT2D eigenvalue weighted by molar-refractivity contribution is 0.394. The Bertz CT molecular complexity index is 639. The van der Waals surface area contributed by atoms with Crippen LogP contribution in [0.25, 0.3) is 11.1 Å². The Labute approximate surface area is 148 Å². The molecule has 0 N–H and O–H groups in total. The van der Waals surface area contributed by atoms with E-state index in [1.54, 1.807) is 14.2 Å². The molecule has 0 aliphatic rings. The molecule has 0 heterocycles. The van der Waals surface area contributed by atoms with Crippen molar-refractivity contribution in [1.82, 2.24) is 0 Å². The summed E-state index contributed by atoms with van der Waals surface area (Å²) in [5.41, 5.74) is 4.95. The first-order valence-corrected chi connectivity index (χ1v) is 8.73. The van der Waals surface area contributed by atoms with Crippen molar-refractivity contribution < 1.29 is 9.47 Å². The highest BCUT2D eigenvalue weighted by Crippen LogP contribution is 2.38. The number of benzene rings is 2. The molecule has 0 aliphatic heterocycles. The fourth-order valence-corrected chi connectivity index (χ4v) is 3.80. The van der Waals surface area contributed by atoms with Crippen molar-refractivity contribution in [3.05, 3.63) is 45.9 Å². The van der Waals surface area contributed by atoms with Gasteiger partial charge in [-0.05, 0) is 58.4 Å². The third-order valence-corrected chi connectivity index (χ3v) is 4.97. The second kappa shape index (κ2) is 7.39. The molecule has 0 unspecified atom stereocenters. The minimum absolute atomic E-state index is 0.453. The Morgan fingerprint density at radius 3 is 1.43 bits per heavy atom. The van der Waals surface area contributed by atoms with Crippen molar-refractivity contribution in [2.24, 2.45) is 0 Å². The van der Waals surface area contributed by atoms with Crippen molar-refractivity contribution >= 4 is 15.9 Å². The average molecular weight is 377 g/mol. The quantitative estimate of drug-likeness (QED) is 0.602. The highest BCUT2D eigenvalue weighted by molar-refractivity contribution is 9.10. The molecule has 0 aliphatic carbocycles. The maximum Gasteiger partial charge on any atom is 0.123 e. The van der Waals surface area contributed by atoms with E-state index >= 15 is 0 Å². The maximum absolute atomic E-state index is 5.41. The van der Waals surface area contributed by atoms with E-state index in [1.165, 1.54) is 21.2 Å². The summed E-state index contributed by atoms with van der Waals surface area (Å²) in [5, 5.41) is 0. The van der Waals surface area contributed by atoms with Gasteiger partial charge < -0.3 is 9.47 Å². The van der Waals surface area contributed by atoms with Crippen LogP contribution >= 0.6 is 15.9 Å². The molecule has 0 atom stereocenters. The molecule has 23 heavy (non-hydrogen) atoms. The zero-order chi connectivity index (χ0) is 17.1. The zero-order valence-electron chi connectivity index (χ0n) is 14.7. The number of hydrogen-bond donors (Lipinski definition) is 0. The maximum atomic E-state index is 5.41. The second-order valence-corrected chi connectivity index (χ2v) is 7.17. The Kier molecular flexibility index (Phi) is 5.74. The molecule has 124 valence electrons. The third kappa shape index (κ3) is 3.89. The van der Waals surface area contributed by atoms with Gasteiger partial charge in [0.05, 0.1) is 14.2 Å². The van der Waals surface area contributed by atoms with Crippen LogP contribution in [0.5, 0.6) is 11.5 Å². The highest BCUT2D eigenvalue weighted by Gasteiger charge is 2.15. The van der Waals surface area contributed by atoms with Crippen LogP contribution in [0.15, 0.2) is 34.8 Å². The summed E-state index contributed by atoms with van der Waals surface area (Å²) in [4.78, 5) is 0. The number of ether oxygens (including phenoxy) is 2. The summed E-state index contributed by atoms with van der Waals surface area (Å²) < 4.78 is 12.0. The molecule has 0 spiro atoms. The third-order valence-electron chi connectivity index (χ3n) is 4.06. The van der Waals surface area contributed by atoms with E-state index in [9.17, 15) is 0 Å². The predicted octanol–water partition coefficient (Wildman–Crippen LogP) is 6.38. The van der Waals surface area contributed by atoms with E-state index in [-0.39, 0.29) is 0 Å². The van der Waals surface area contributed by atoms with Crippen molar-refractivity contribution in [3.8, 4) is 22.6 Å². The summed E-state index contributed by atoms with van der Waals surface area (Å²) >= 11 is 3.80. The van der Waals surface area contributed by atoms with Gasteiger partial charge in [0.15, 0.2) is 0 Å². The van der Waals surface area contributed by atoms with Gasteiger partial charge in [-0.2, -0.15) is 0 Å². The minimum atomic E-state index is 0.453. The molecule has 0 saturated heterocycles. The molecular formula is C20H25BrO2. The lowest BCUT2D eigenvalue weighted by Crippen LogP contribution is -1.98. The van der Waals surface area contributed by atoms with Gasteiger partial charge in [0.1, 0.15) is 11.5 Å². The molecule has 0 aromatic heterocycles. The van der Waals surface area contributed by atoms with E-state index < -0.39 is 0 Å². The Morgan fingerprint density at radius 1 is 0.696 bits per heavy atom. The fourth-order valence-electron chi connectivity index (χ4n) is 2.65. The van der Waals surface area contributed by atoms with Gasteiger partial charge in [0.2, 0.25) is 0 Å². The number of hydrogen-bond acceptors (Lipinski definition) is 2. The van der Waals surface area contributed by atoms with Crippen LogP contribution < -0.4 is 9.47 Å². The monoisotopic (exact) mass is 376 g/mol. The molecule has 0 bridgehead atoms. The molecule has 0 fully saturated rings. The molecule has 0 saturated carbocycles. The van der Waals surface area contributed by atoms with Crippen molar-refractivity contribution in [2.45, 2.75) is 39.5 Å². The van der Waals surface area contributed by atoms with Gasteiger partial charge in [0.25, 0.3) is 0 Å². The lowest BCUT2D eigenvalue weighted by atomic mass is 9.90. The normalized spacial score (nSPS) is 11.2. The largest absolute Gasteiger partial charge is 0.497 e. The van der Waals surface area contributed by atoms with Gasteiger partial charge in [-0.1, -0.05) is 43.6 Å². The molecule has 0 amide bonds. The molecule has 2 rings (SSSR count). The SMILES string of the molecule is COc1cc(OC)cc(-c2cc(C(C)C)c(Br)c(C(C)C)c2)c1. The van der Waals surface area contributed by atoms with Crippen LogP contribution in [0.3, 0.4) is 0 Å². The van der Waals surface area contributed by atoms with Gasteiger partial charge in [-0.25, -0.2) is 0 Å². The molecule has 2 aromatic carbocycles. The minimum Gasteiger partial charge on any atom is -0.497 e. The molecule has 3 heteroatoms. The van der Waals surface area contributed by atoms with Crippen LogP contribution in [-0.2, 0) is 0 Å². The zero-order valence-corrected chi connectivity index (χ0v) is 16.3. The lowest BCUT2D eigenvalue weighted by Gasteiger charge is -2.18. The highest BCUT2D eigenvalue weighted by atomic mass is 79.9. The van der Waals surface area contributed by atoms with E-state index in [0.29, 0.717) is 11.8 Å². The standard InChI is InChI=1S/C20H25BrO2/c1-12(2)18-9-15(10-19(13(3)4)20(18)21)14-7-16(22-5)11-17(8-14)23-6/h7-13H,1-6H3. The van der Waals surface area contributed by atoms with E-state index in [0.717, 1.165) is 17.1 Å². The Morgan fingerprint density at radius 2 is 1.09 bits per heavy atom. The smallest absolute Gasteiger partial charge is 0.123 e. The van der Waals surface area contributed by atoms with Crippen LogP contribution in [0.4, 0.5) is 0 Å². The van der Waals surface area contributed by atoms with E-state index in [4.69, 9.17) is 9.47 Å². The summed E-state index contributed by atoms with van der Waals surface area (Å²) in [7, 11) is 3.36. The summed E-state index contributed by atoms with van der Waals surface area (Å²) in [5.74, 6) is 2.52. The molecule has 2 nitrogen and oxygen atoms in total. The number of methoxy groups -OCH3 is 2. The van der Waals surface area contributed by atoms with Gasteiger partial charge in [-0.3, -0.25) is 0 Å². The first-order chi connectivity index (χ1) is 10.9. The molecular weight excluding hydrogens is 352 g/mol. The fraction of sp³-hybridized carbons (Fsp3) is 0.400. The van der Waals surface area contributed by atoms with Crippen LogP contribution in [0.2, 0.25) is 0 Å². The van der Waals surface area contributed by atoms with Gasteiger partial charge >= 0.3 is 0 Å². The first-order valence-electron chi connectivity index (χ1n) is 7.94. The number of rotatable bonds is 5. The van der Waals surface area contributed by atoms with Crippen molar-refractivity contribution in [1.29, 1.82) is 0 Å². The summed E-state index contributed by atoms with van der Waals surface area (Å²) in [6, 6.07) is 10.5. The van der Waals surface area contributed by atoms with E-state index in [1.807, 2.05) is 6.07 Å². The Hall–Kier alpha value is -1.48. The van der Waals surface area contributed by atoms with Crippen LogP contribution in [0, 0.1) is 0 Å². The van der Waals surface area contributed by atoms with Gasteiger partial charge in [0, 0.05) is 10.5 Å². The Balaban J connectivity index is 2.68. The molecule has 2 aromatic rings. The summed E-state index contributed by atoms with van der Waals surface area (Å²) in [6.07, 6.45) is 0. The molecule has 0 radical (unpaired) electrons. The van der Waals surface area contributed by atoms with Crippen molar-refractivity contribution in [2.75, 3.05) is 14.2 Å². The van der Waals surface area contributed by atoms with Crippen LogP contribution in [-0.4, -0.2) is 14.2 Å². The van der Waals surface area contributed by atoms with Crippen molar-refractivity contribution in [3.63, 3.8) is 0 Å². The average Bonchev–Trinajstić information content (AvgIpc) is 2.53. The topological polar surface area (TPSA) is 18.5 Å². The van der Waals surface area contributed by atoms with Crippen LogP contribution in [0.1, 0.15) is 50.7 Å².